The standard InChI is InChI=1S/C18H20BrNO4/c1-4-24-18(21)12-5-7-14(8-6-12)20-11-13-9-16(22-2)17(23-3)10-15(13)19/h5-10,20H,4,11H2,1-3H3. The van der Waals surface area contributed by atoms with Crippen molar-refractivity contribution in [2.24, 2.45) is 0 Å². The van der Waals surface area contributed by atoms with Gasteiger partial charge in [0.05, 0.1) is 26.4 Å². The Morgan fingerprint density at radius 3 is 2.29 bits per heavy atom. The van der Waals surface area contributed by atoms with E-state index in [0.29, 0.717) is 30.2 Å². The molecule has 0 aliphatic rings. The maximum atomic E-state index is 11.6. The van der Waals surface area contributed by atoms with Crippen LogP contribution >= 0.6 is 15.9 Å². The minimum atomic E-state index is -0.313. The second-order valence-electron chi connectivity index (χ2n) is 4.95. The third-order valence-electron chi connectivity index (χ3n) is 3.43. The van der Waals surface area contributed by atoms with Crippen LogP contribution in [0, 0.1) is 0 Å². The SMILES string of the molecule is CCOC(=O)c1ccc(NCc2cc(OC)c(OC)cc2Br)cc1. The summed E-state index contributed by atoms with van der Waals surface area (Å²) in [7, 11) is 3.21. The molecular formula is C18H20BrNO4. The molecule has 0 aromatic heterocycles. The lowest BCUT2D eigenvalue weighted by molar-refractivity contribution is 0.0526. The first-order valence-corrected chi connectivity index (χ1v) is 8.29. The summed E-state index contributed by atoms with van der Waals surface area (Å²) in [5, 5.41) is 3.31. The highest BCUT2D eigenvalue weighted by molar-refractivity contribution is 9.10. The number of anilines is 1. The molecule has 0 saturated carbocycles. The normalized spacial score (nSPS) is 10.2. The van der Waals surface area contributed by atoms with Gasteiger partial charge in [0, 0.05) is 16.7 Å². The third-order valence-corrected chi connectivity index (χ3v) is 4.17. The van der Waals surface area contributed by atoms with E-state index in [1.807, 2.05) is 24.3 Å². The van der Waals surface area contributed by atoms with Crippen molar-refractivity contribution < 1.29 is 19.0 Å². The minimum Gasteiger partial charge on any atom is -0.493 e. The smallest absolute Gasteiger partial charge is 0.338 e. The van der Waals surface area contributed by atoms with Gasteiger partial charge in [0.25, 0.3) is 0 Å². The Kier molecular flexibility index (Phi) is 6.49. The van der Waals surface area contributed by atoms with Gasteiger partial charge in [0.1, 0.15) is 0 Å². The Balaban J connectivity index is 2.07. The van der Waals surface area contributed by atoms with Crippen molar-refractivity contribution >= 4 is 27.6 Å². The second-order valence-corrected chi connectivity index (χ2v) is 5.80. The number of hydrogen-bond acceptors (Lipinski definition) is 5. The van der Waals surface area contributed by atoms with Gasteiger partial charge in [0.2, 0.25) is 0 Å². The molecule has 0 amide bonds. The Hall–Kier alpha value is -2.21. The summed E-state index contributed by atoms with van der Waals surface area (Å²) >= 11 is 3.54. The number of benzene rings is 2. The van der Waals surface area contributed by atoms with Crippen molar-refractivity contribution in [2.75, 3.05) is 26.1 Å². The zero-order chi connectivity index (χ0) is 17.5. The van der Waals surface area contributed by atoms with Gasteiger partial charge >= 0.3 is 5.97 Å². The number of halogens is 1. The molecule has 0 heterocycles. The van der Waals surface area contributed by atoms with Crippen LogP contribution in [0.25, 0.3) is 0 Å². The van der Waals surface area contributed by atoms with E-state index in [-0.39, 0.29) is 5.97 Å². The van der Waals surface area contributed by atoms with Crippen LogP contribution in [0.2, 0.25) is 0 Å². The number of nitrogens with one attached hydrogen (secondary N) is 1. The number of methoxy groups -OCH3 is 2. The van der Waals surface area contributed by atoms with Crippen LogP contribution in [0.4, 0.5) is 5.69 Å². The molecule has 2 aromatic carbocycles. The highest BCUT2D eigenvalue weighted by Crippen LogP contribution is 2.33. The van der Waals surface area contributed by atoms with Crippen molar-refractivity contribution in [1.82, 2.24) is 0 Å². The lowest BCUT2D eigenvalue weighted by Crippen LogP contribution is -2.05. The van der Waals surface area contributed by atoms with Gasteiger partial charge in [-0.25, -0.2) is 4.79 Å². The first-order valence-electron chi connectivity index (χ1n) is 7.50. The predicted molar refractivity (Wildman–Crippen MR) is 97.0 cm³/mol. The van der Waals surface area contributed by atoms with E-state index in [2.05, 4.69) is 21.2 Å². The van der Waals surface area contributed by atoms with Gasteiger partial charge in [-0.05, 0) is 48.9 Å². The van der Waals surface area contributed by atoms with Crippen LogP contribution < -0.4 is 14.8 Å². The summed E-state index contributed by atoms with van der Waals surface area (Å²) in [6, 6.07) is 11.0. The molecule has 0 aliphatic carbocycles. The molecule has 0 bridgehead atoms. The molecule has 2 aromatic rings. The van der Waals surface area contributed by atoms with Crippen molar-refractivity contribution in [3.8, 4) is 11.5 Å². The molecule has 0 spiro atoms. The molecule has 0 saturated heterocycles. The maximum absolute atomic E-state index is 11.6. The second kappa shape index (κ2) is 8.59. The fourth-order valence-corrected chi connectivity index (χ4v) is 2.63. The largest absolute Gasteiger partial charge is 0.493 e. The summed E-state index contributed by atoms with van der Waals surface area (Å²) in [6.45, 7) is 2.75. The molecule has 0 fully saturated rings. The lowest BCUT2D eigenvalue weighted by atomic mass is 10.1. The first-order chi connectivity index (χ1) is 11.6. The van der Waals surface area contributed by atoms with Crippen LogP contribution in [0.1, 0.15) is 22.8 Å². The molecule has 5 nitrogen and oxygen atoms in total. The topological polar surface area (TPSA) is 56.8 Å². The Labute approximate surface area is 150 Å². The number of ether oxygens (including phenoxy) is 3. The van der Waals surface area contributed by atoms with Gasteiger partial charge in [-0.15, -0.1) is 0 Å². The number of carbonyl (C=O) groups excluding carboxylic acids is 1. The first kappa shape index (κ1) is 18.1. The Morgan fingerprint density at radius 2 is 1.71 bits per heavy atom. The van der Waals surface area contributed by atoms with Crippen LogP contribution in [0.3, 0.4) is 0 Å². The van der Waals surface area contributed by atoms with Gasteiger partial charge in [-0.3, -0.25) is 0 Å². The average molecular weight is 394 g/mol. The molecule has 0 radical (unpaired) electrons. The van der Waals surface area contributed by atoms with E-state index in [9.17, 15) is 4.79 Å². The van der Waals surface area contributed by atoms with E-state index in [1.54, 1.807) is 33.3 Å². The monoisotopic (exact) mass is 393 g/mol. The number of esters is 1. The van der Waals surface area contributed by atoms with E-state index in [0.717, 1.165) is 15.7 Å². The zero-order valence-corrected chi connectivity index (χ0v) is 15.5. The quantitative estimate of drug-likeness (QED) is 0.712. The van der Waals surface area contributed by atoms with Gasteiger partial charge in [0.15, 0.2) is 11.5 Å². The molecular weight excluding hydrogens is 374 g/mol. The van der Waals surface area contributed by atoms with Gasteiger partial charge < -0.3 is 19.5 Å². The molecule has 24 heavy (non-hydrogen) atoms. The number of carbonyl (C=O) groups is 1. The molecule has 2 rings (SSSR count). The Bertz CT molecular complexity index is 701. The van der Waals surface area contributed by atoms with Crippen LogP contribution in [-0.4, -0.2) is 26.8 Å². The molecule has 1 N–H and O–H groups in total. The average Bonchev–Trinajstić information content (AvgIpc) is 2.61. The molecule has 128 valence electrons. The maximum Gasteiger partial charge on any atom is 0.338 e. The van der Waals surface area contributed by atoms with Crippen molar-refractivity contribution in [3.63, 3.8) is 0 Å². The fraction of sp³-hybridized carbons (Fsp3) is 0.278. The van der Waals surface area contributed by atoms with Crippen molar-refractivity contribution in [3.05, 3.63) is 52.0 Å². The summed E-state index contributed by atoms with van der Waals surface area (Å²) in [4.78, 5) is 11.6. The minimum absolute atomic E-state index is 0.313. The summed E-state index contributed by atoms with van der Waals surface area (Å²) < 4.78 is 16.5. The van der Waals surface area contributed by atoms with Gasteiger partial charge in [-0.1, -0.05) is 15.9 Å². The van der Waals surface area contributed by atoms with E-state index >= 15 is 0 Å². The summed E-state index contributed by atoms with van der Waals surface area (Å²) in [5.41, 5.74) is 2.47. The van der Waals surface area contributed by atoms with E-state index in [4.69, 9.17) is 14.2 Å². The summed E-state index contributed by atoms with van der Waals surface area (Å²) in [6.07, 6.45) is 0. The van der Waals surface area contributed by atoms with E-state index in [1.165, 1.54) is 0 Å². The Morgan fingerprint density at radius 1 is 1.08 bits per heavy atom. The van der Waals surface area contributed by atoms with Crippen LogP contribution in [0.5, 0.6) is 11.5 Å². The zero-order valence-electron chi connectivity index (χ0n) is 13.9. The molecule has 0 atom stereocenters. The molecule has 0 unspecified atom stereocenters. The predicted octanol–water partition coefficient (Wildman–Crippen LogP) is 4.26. The molecule has 6 heteroatoms. The third kappa shape index (κ3) is 4.41. The van der Waals surface area contributed by atoms with Crippen LogP contribution in [-0.2, 0) is 11.3 Å². The highest BCUT2D eigenvalue weighted by Gasteiger charge is 2.10. The van der Waals surface area contributed by atoms with Gasteiger partial charge in [-0.2, -0.15) is 0 Å². The number of hydrogen-bond donors (Lipinski definition) is 1. The van der Waals surface area contributed by atoms with Crippen LogP contribution in [0.15, 0.2) is 40.9 Å². The fourth-order valence-electron chi connectivity index (χ4n) is 2.17. The van der Waals surface area contributed by atoms with Crippen molar-refractivity contribution in [2.45, 2.75) is 13.5 Å². The lowest BCUT2D eigenvalue weighted by Gasteiger charge is -2.13. The van der Waals surface area contributed by atoms with E-state index < -0.39 is 0 Å². The highest BCUT2D eigenvalue weighted by atomic mass is 79.9. The summed E-state index contributed by atoms with van der Waals surface area (Å²) in [5.74, 6) is 1.04. The molecule has 0 aliphatic heterocycles. The number of rotatable bonds is 7. The van der Waals surface area contributed by atoms with Crippen molar-refractivity contribution in [1.29, 1.82) is 0 Å².